The van der Waals surface area contributed by atoms with E-state index in [2.05, 4.69) is 9.97 Å². The highest BCUT2D eigenvalue weighted by atomic mass is 35.5. The zero-order valence-corrected chi connectivity index (χ0v) is 20.0. The molecule has 0 spiro atoms. The molecule has 0 saturated carbocycles. The molecule has 180 valence electrons. The number of rotatable bonds is 5. The van der Waals surface area contributed by atoms with Crippen molar-refractivity contribution in [2.24, 2.45) is 11.8 Å². The number of aliphatic hydroxyl groups excluding tert-OH is 1. The van der Waals surface area contributed by atoms with Crippen molar-refractivity contribution in [3.05, 3.63) is 59.5 Å². The van der Waals surface area contributed by atoms with Gasteiger partial charge in [-0.15, -0.1) is 0 Å². The van der Waals surface area contributed by atoms with Crippen LogP contribution in [0, 0.1) is 18.8 Å². The minimum atomic E-state index is -1.15. The van der Waals surface area contributed by atoms with Crippen LogP contribution in [-0.4, -0.2) is 50.8 Å². The van der Waals surface area contributed by atoms with Crippen LogP contribution in [0.2, 0.25) is 5.15 Å². The van der Waals surface area contributed by atoms with Gasteiger partial charge in [-0.25, -0.2) is 9.88 Å². The van der Waals surface area contributed by atoms with Gasteiger partial charge in [-0.3, -0.25) is 9.59 Å². The van der Waals surface area contributed by atoms with Crippen molar-refractivity contribution in [1.82, 2.24) is 9.97 Å². The number of imide groups is 1. The lowest BCUT2D eigenvalue weighted by Crippen LogP contribution is -2.49. The Morgan fingerprint density at radius 2 is 1.89 bits per heavy atom. The van der Waals surface area contributed by atoms with E-state index in [0.29, 0.717) is 23.8 Å². The summed E-state index contributed by atoms with van der Waals surface area (Å²) in [4.78, 5) is 37.2. The molecule has 5 unspecified atom stereocenters. The average molecular weight is 494 g/mol. The summed E-state index contributed by atoms with van der Waals surface area (Å²) in [5.74, 6) is -1.31. The number of aromatic nitrogens is 2. The smallest absolute Gasteiger partial charge is 0.240 e. The highest BCUT2D eigenvalue weighted by molar-refractivity contribution is 6.29. The van der Waals surface area contributed by atoms with Crippen molar-refractivity contribution >= 4 is 39.9 Å². The maximum atomic E-state index is 13.9. The molecule has 35 heavy (non-hydrogen) atoms. The van der Waals surface area contributed by atoms with Gasteiger partial charge < -0.3 is 14.6 Å². The molecule has 2 aromatic carbocycles. The fourth-order valence-electron chi connectivity index (χ4n) is 6.17. The van der Waals surface area contributed by atoms with Gasteiger partial charge in [0, 0.05) is 24.3 Å². The third-order valence-electron chi connectivity index (χ3n) is 7.68. The Morgan fingerprint density at radius 3 is 2.69 bits per heavy atom. The number of carbonyl (C=O) groups is 2. The first-order valence-electron chi connectivity index (χ1n) is 11.6. The molecular formula is C26H24ClN3O5. The topological polar surface area (TPSA) is 102 Å². The molecule has 9 heteroatoms. The molecule has 6 rings (SSSR count). The second-order valence-corrected chi connectivity index (χ2v) is 10.1. The van der Waals surface area contributed by atoms with Crippen LogP contribution in [0.5, 0.6) is 5.88 Å². The third kappa shape index (κ3) is 3.20. The molecule has 2 bridgehead atoms. The second kappa shape index (κ2) is 7.71. The van der Waals surface area contributed by atoms with Crippen LogP contribution in [-0.2, 0) is 14.3 Å². The third-order valence-corrected chi connectivity index (χ3v) is 7.87. The fourth-order valence-corrected chi connectivity index (χ4v) is 6.39. The minimum Gasteiger partial charge on any atom is -0.477 e. The van der Waals surface area contributed by atoms with Gasteiger partial charge in [0.2, 0.25) is 17.7 Å². The number of amides is 2. The minimum absolute atomic E-state index is 0.175. The van der Waals surface area contributed by atoms with Gasteiger partial charge in [0.15, 0.2) is 0 Å². The molecule has 3 fully saturated rings. The molecule has 0 aliphatic carbocycles. The molecule has 1 aromatic heterocycles. The Kier molecular flexibility index (Phi) is 4.94. The number of fused-ring (bicyclic) bond motifs is 6. The Balaban J connectivity index is 1.33. The number of hydrogen-bond donors (Lipinski definition) is 1. The lowest BCUT2D eigenvalue weighted by Gasteiger charge is -2.33. The Bertz CT molecular complexity index is 1360. The van der Waals surface area contributed by atoms with Crippen molar-refractivity contribution in [2.45, 2.75) is 44.0 Å². The Morgan fingerprint density at radius 1 is 1.14 bits per heavy atom. The van der Waals surface area contributed by atoms with Crippen molar-refractivity contribution in [1.29, 1.82) is 0 Å². The molecule has 3 aliphatic rings. The number of hydrogen-bond acceptors (Lipinski definition) is 7. The summed E-state index contributed by atoms with van der Waals surface area (Å²) in [6, 6.07) is 14.7. The van der Waals surface area contributed by atoms with Gasteiger partial charge in [-0.1, -0.05) is 48.0 Å². The normalized spacial score (nSPS) is 31.4. The number of aryl methyl sites for hydroxylation is 1. The van der Waals surface area contributed by atoms with E-state index in [1.165, 1.54) is 11.0 Å². The van der Waals surface area contributed by atoms with Crippen LogP contribution in [0.1, 0.15) is 25.6 Å². The number of carbonyl (C=O) groups excluding carboxylic acids is 2. The molecule has 4 heterocycles. The zero-order chi connectivity index (χ0) is 24.5. The fraction of sp³-hybridized carbons (Fsp3) is 0.385. The standard InChI is InChI=1S/C26H24ClN3O5/c1-14-28-19(27)12-20(29-14)34-11-10-26-13-18(31)25(2,35-26)21-22(26)24(33)30(23(21)32)17-9-5-7-15-6-3-4-8-16(15)17/h3-9,12,18,21-22,31H,10-11,13H2,1-2H3. The molecule has 3 aromatic rings. The summed E-state index contributed by atoms with van der Waals surface area (Å²) < 4.78 is 12.2. The number of ether oxygens (including phenoxy) is 2. The first-order chi connectivity index (χ1) is 16.7. The largest absolute Gasteiger partial charge is 0.477 e. The maximum Gasteiger partial charge on any atom is 0.240 e. The van der Waals surface area contributed by atoms with Gasteiger partial charge >= 0.3 is 0 Å². The van der Waals surface area contributed by atoms with Crippen LogP contribution in [0.3, 0.4) is 0 Å². The van der Waals surface area contributed by atoms with Gasteiger partial charge in [0.1, 0.15) is 16.6 Å². The van der Waals surface area contributed by atoms with E-state index in [1.807, 2.05) is 36.4 Å². The second-order valence-electron chi connectivity index (χ2n) is 9.71. The summed E-state index contributed by atoms with van der Waals surface area (Å²) in [5.41, 5.74) is -1.61. The molecule has 2 amide bonds. The van der Waals surface area contributed by atoms with Crippen LogP contribution in [0.4, 0.5) is 5.69 Å². The highest BCUT2D eigenvalue weighted by Crippen LogP contribution is 2.62. The number of halogens is 1. The van der Waals surface area contributed by atoms with Crippen LogP contribution in [0.25, 0.3) is 10.8 Å². The first kappa shape index (κ1) is 22.4. The summed E-state index contributed by atoms with van der Waals surface area (Å²) >= 11 is 6.00. The summed E-state index contributed by atoms with van der Waals surface area (Å²) in [7, 11) is 0. The molecule has 5 atom stereocenters. The molecule has 3 saturated heterocycles. The van der Waals surface area contributed by atoms with Crippen LogP contribution >= 0.6 is 11.6 Å². The Hall–Kier alpha value is -3.07. The van der Waals surface area contributed by atoms with Crippen LogP contribution < -0.4 is 9.64 Å². The van der Waals surface area contributed by atoms with E-state index in [9.17, 15) is 14.7 Å². The number of aliphatic hydroxyl groups is 1. The first-order valence-corrected chi connectivity index (χ1v) is 12.0. The average Bonchev–Trinajstić information content (AvgIpc) is 3.34. The van der Waals surface area contributed by atoms with E-state index in [0.717, 1.165) is 10.8 Å². The molecular weight excluding hydrogens is 470 g/mol. The maximum absolute atomic E-state index is 13.9. The molecule has 3 aliphatic heterocycles. The summed E-state index contributed by atoms with van der Waals surface area (Å²) in [6.45, 7) is 3.62. The van der Waals surface area contributed by atoms with Crippen molar-refractivity contribution in [2.75, 3.05) is 11.5 Å². The van der Waals surface area contributed by atoms with Gasteiger partial charge in [0.05, 0.1) is 35.8 Å². The van der Waals surface area contributed by atoms with E-state index in [4.69, 9.17) is 21.1 Å². The molecule has 1 N–H and O–H groups in total. The number of nitrogens with zero attached hydrogens (tertiary/aromatic N) is 3. The van der Waals surface area contributed by atoms with E-state index >= 15 is 0 Å². The highest BCUT2D eigenvalue weighted by Gasteiger charge is 2.77. The number of benzene rings is 2. The Labute approximate surface area is 206 Å². The lowest BCUT2D eigenvalue weighted by atomic mass is 9.66. The molecule has 8 nitrogen and oxygen atoms in total. The number of anilines is 1. The summed E-state index contributed by atoms with van der Waals surface area (Å²) in [5, 5.41) is 13.0. The predicted molar refractivity (Wildman–Crippen MR) is 128 cm³/mol. The predicted octanol–water partition coefficient (Wildman–Crippen LogP) is 3.46. The van der Waals surface area contributed by atoms with Gasteiger partial charge in [-0.05, 0) is 25.3 Å². The van der Waals surface area contributed by atoms with E-state index in [-0.39, 0.29) is 30.0 Å². The molecule has 0 radical (unpaired) electrons. The summed E-state index contributed by atoms with van der Waals surface area (Å²) in [6.07, 6.45) is -0.312. The van der Waals surface area contributed by atoms with Gasteiger partial charge in [-0.2, -0.15) is 4.98 Å². The monoisotopic (exact) mass is 493 g/mol. The van der Waals surface area contributed by atoms with Crippen molar-refractivity contribution in [3.63, 3.8) is 0 Å². The SMILES string of the molecule is Cc1nc(Cl)cc(OCCC23CC(O)C(C)(O2)C2C(=O)N(c4cccc5ccccc45)C(=O)C23)n1. The van der Waals surface area contributed by atoms with Gasteiger partial charge in [0.25, 0.3) is 0 Å². The van der Waals surface area contributed by atoms with Crippen molar-refractivity contribution in [3.8, 4) is 5.88 Å². The lowest BCUT2D eigenvalue weighted by molar-refractivity contribution is -0.134. The van der Waals surface area contributed by atoms with E-state index in [1.54, 1.807) is 19.9 Å². The quantitative estimate of drug-likeness (QED) is 0.429. The zero-order valence-electron chi connectivity index (χ0n) is 19.3. The van der Waals surface area contributed by atoms with Crippen LogP contribution in [0.15, 0.2) is 48.5 Å². The van der Waals surface area contributed by atoms with Crippen molar-refractivity contribution < 1.29 is 24.2 Å². The van der Waals surface area contributed by atoms with E-state index < -0.39 is 29.1 Å².